The number of H-pyrrole nitrogens is 1. The Morgan fingerprint density at radius 1 is 1.44 bits per heavy atom. The molecule has 0 fully saturated rings. The first kappa shape index (κ1) is 9.46. The van der Waals surface area contributed by atoms with Crippen LogP contribution in [0, 0.1) is 0 Å². The smallest absolute Gasteiger partial charge is 0.285 e. The lowest BCUT2D eigenvalue weighted by molar-refractivity contribution is 0.137. The van der Waals surface area contributed by atoms with Crippen LogP contribution in [0.2, 0.25) is 0 Å². The van der Waals surface area contributed by atoms with Crippen LogP contribution in [-0.2, 0) is 0 Å². The molecule has 0 unspecified atom stereocenters. The molecule has 4 nitrogen and oxygen atoms in total. The second-order valence-corrected chi connectivity index (χ2v) is 4.19. The van der Waals surface area contributed by atoms with E-state index in [2.05, 4.69) is 10.2 Å². The number of fused-ring (bicyclic) bond motifs is 3. The van der Waals surface area contributed by atoms with Crippen LogP contribution in [-0.4, -0.2) is 14.6 Å². The fourth-order valence-electron chi connectivity index (χ4n) is 1.70. The number of aromatic amines is 1. The summed E-state index contributed by atoms with van der Waals surface area (Å²) in [6, 6.07) is 3.28. The molecule has 0 aliphatic carbocycles. The van der Waals surface area contributed by atoms with E-state index in [-0.39, 0.29) is 5.52 Å². The normalized spacial score (nSPS) is 11.9. The van der Waals surface area contributed by atoms with Gasteiger partial charge in [-0.15, -0.1) is 11.3 Å². The number of hydrogen-bond acceptors (Lipinski definition) is 3. The third kappa shape index (κ3) is 1.12. The van der Waals surface area contributed by atoms with Gasteiger partial charge < -0.3 is 0 Å². The van der Waals surface area contributed by atoms with Gasteiger partial charge in [0, 0.05) is 0 Å². The lowest BCUT2D eigenvalue weighted by Crippen LogP contribution is -2.15. The van der Waals surface area contributed by atoms with Crippen molar-refractivity contribution in [1.82, 2.24) is 14.6 Å². The maximum absolute atomic E-state index is 12.7. The minimum Gasteiger partial charge on any atom is -0.285 e. The highest BCUT2D eigenvalue weighted by molar-refractivity contribution is 7.17. The molecule has 0 aliphatic rings. The molecule has 3 aromatic rings. The molecule has 82 valence electrons. The van der Waals surface area contributed by atoms with Crippen LogP contribution in [0.15, 0.2) is 22.3 Å². The molecule has 0 spiro atoms. The van der Waals surface area contributed by atoms with Crippen molar-refractivity contribution in [3.8, 4) is 0 Å². The Kier molecular flexibility index (Phi) is 1.84. The van der Waals surface area contributed by atoms with Gasteiger partial charge in [-0.2, -0.15) is 5.10 Å². The summed E-state index contributed by atoms with van der Waals surface area (Å²) < 4.78 is 27.5. The minimum absolute atomic E-state index is 0.201. The predicted octanol–water partition coefficient (Wildman–Crippen LogP) is 2.17. The zero-order valence-corrected chi connectivity index (χ0v) is 8.59. The van der Waals surface area contributed by atoms with Gasteiger partial charge in [0.2, 0.25) is 5.82 Å². The number of nitrogens with one attached hydrogen (secondary N) is 1. The van der Waals surface area contributed by atoms with E-state index >= 15 is 0 Å². The van der Waals surface area contributed by atoms with Crippen molar-refractivity contribution >= 4 is 27.1 Å². The van der Waals surface area contributed by atoms with Crippen LogP contribution in [0.3, 0.4) is 0 Å². The summed E-state index contributed by atoms with van der Waals surface area (Å²) in [7, 11) is 0. The van der Waals surface area contributed by atoms with Crippen molar-refractivity contribution in [3.05, 3.63) is 33.7 Å². The highest BCUT2D eigenvalue weighted by atomic mass is 32.1. The van der Waals surface area contributed by atoms with E-state index in [1.54, 1.807) is 17.5 Å². The number of nitrogens with zero attached hydrogens (tertiary/aromatic N) is 2. The van der Waals surface area contributed by atoms with Gasteiger partial charge >= 0.3 is 0 Å². The number of rotatable bonds is 1. The van der Waals surface area contributed by atoms with E-state index < -0.39 is 17.8 Å². The third-order valence-electron chi connectivity index (χ3n) is 2.35. The molecule has 7 heteroatoms. The summed E-state index contributed by atoms with van der Waals surface area (Å²) in [5.74, 6) is -0.442. The number of thiophene rings is 1. The summed E-state index contributed by atoms with van der Waals surface area (Å²) in [4.78, 5) is 11.4. The van der Waals surface area contributed by atoms with Gasteiger partial charge in [-0.05, 0) is 17.5 Å². The molecule has 0 saturated heterocycles. The molecule has 0 saturated carbocycles. The summed E-state index contributed by atoms with van der Waals surface area (Å²) in [5.41, 5.74) is 0.328. The van der Waals surface area contributed by atoms with Gasteiger partial charge in [-0.1, -0.05) is 0 Å². The maximum Gasteiger partial charge on any atom is 0.297 e. The van der Waals surface area contributed by atoms with E-state index in [9.17, 15) is 13.6 Å². The van der Waals surface area contributed by atoms with Crippen molar-refractivity contribution in [3.63, 3.8) is 0 Å². The fraction of sp³-hybridized carbons (Fsp3) is 0.111. The van der Waals surface area contributed by atoms with E-state index in [4.69, 9.17) is 0 Å². The first-order valence-corrected chi connectivity index (χ1v) is 5.32. The second kappa shape index (κ2) is 3.11. The summed E-state index contributed by atoms with van der Waals surface area (Å²) in [6.07, 6.45) is -2.73. The molecule has 3 heterocycles. The van der Waals surface area contributed by atoms with Gasteiger partial charge in [0.15, 0.2) is 0 Å². The van der Waals surface area contributed by atoms with Crippen LogP contribution in [0.4, 0.5) is 8.78 Å². The van der Waals surface area contributed by atoms with Crippen molar-refractivity contribution in [2.75, 3.05) is 0 Å². The first-order chi connectivity index (χ1) is 7.68. The first-order valence-electron chi connectivity index (χ1n) is 4.44. The Labute approximate surface area is 91.1 Å². The third-order valence-corrected chi connectivity index (χ3v) is 3.20. The number of hydrogen-bond donors (Lipinski definition) is 1. The molecule has 3 aromatic heterocycles. The molecule has 0 bridgehead atoms. The highest BCUT2D eigenvalue weighted by Crippen LogP contribution is 2.27. The largest absolute Gasteiger partial charge is 0.297 e. The van der Waals surface area contributed by atoms with E-state index in [1.807, 2.05) is 0 Å². The van der Waals surface area contributed by atoms with Crippen molar-refractivity contribution < 1.29 is 8.78 Å². The number of alkyl halides is 2. The summed E-state index contributed by atoms with van der Waals surface area (Å²) in [6.45, 7) is 0. The molecular formula is C9H5F2N3OS. The molecule has 0 aliphatic heterocycles. The SMILES string of the molecule is O=c1[nH]nc(C(F)F)n2c1cc1sccc12. The fourth-order valence-corrected chi connectivity index (χ4v) is 2.50. The topological polar surface area (TPSA) is 50.2 Å². The highest BCUT2D eigenvalue weighted by Gasteiger charge is 2.18. The van der Waals surface area contributed by atoms with Crippen molar-refractivity contribution in [2.24, 2.45) is 0 Å². The van der Waals surface area contributed by atoms with Gasteiger partial charge in [-0.25, -0.2) is 13.9 Å². The quantitative estimate of drug-likeness (QED) is 0.709. The lowest BCUT2D eigenvalue weighted by Gasteiger charge is -2.02. The van der Waals surface area contributed by atoms with Crippen molar-refractivity contribution in [1.29, 1.82) is 0 Å². The van der Waals surface area contributed by atoms with E-state index in [0.29, 0.717) is 5.52 Å². The Morgan fingerprint density at radius 3 is 3.00 bits per heavy atom. The average molecular weight is 241 g/mol. The average Bonchev–Trinajstić information content (AvgIpc) is 2.78. The van der Waals surface area contributed by atoms with Crippen LogP contribution in [0.1, 0.15) is 12.2 Å². The zero-order valence-electron chi connectivity index (χ0n) is 7.78. The summed E-state index contributed by atoms with van der Waals surface area (Å²) in [5, 5.41) is 7.25. The van der Waals surface area contributed by atoms with Gasteiger partial charge in [-0.3, -0.25) is 9.20 Å². The van der Waals surface area contributed by atoms with E-state index in [0.717, 1.165) is 4.70 Å². The van der Waals surface area contributed by atoms with Gasteiger partial charge in [0.25, 0.3) is 12.0 Å². The van der Waals surface area contributed by atoms with Crippen LogP contribution >= 0.6 is 11.3 Å². The number of aromatic nitrogens is 3. The Hall–Kier alpha value is -1.76. The second-order valence-electron chi connectivity index (χ2n) is 3.25. The molecule has 3 rings (SSSR count). The van der Waals surface area contributed by atoms with Crippen LogP contribution in [0.25, 0.3) is 15.7 Å². The van der Waals surface area contributed by atoms with Crippen LogP contribution in [0.5, 0.6) is 0 Å². The Bertz CT molecular complexity index is 727. The molecular weight excluding hydrogens is 236 g/mol. The molecule has 0 amide bonds. The molecule has 0 radical (unpaired) electrons. The monoisotopic (exact) mass is 241 g/mol. The standard InChI is InChI=1S/C9H5F2N3OS/c10-7(11)8-12-13-9(15)5-3-6-4(14(5)8)1-2-16-6/h1-3,7H,(H,13,15). The minimum atomic E-state index is -2.73. The molecule has 1 N–H and O–H groups in total. The number of halogens is 2. The summed E-state index contributed by atoms with van der Waals surface area (Å²) >= 11 is 1.40. The molecule has 0 aromatic carbocycles. The Balaban J connectivity index is 2.60. The maximum atomic E-state index is 12.7. The lowest BCUT2D eigenvalue weighted by atomic mass is 10.5. The van der Waals surface area contributed by atoms with Gasteiger partial charge in [0.05, 0.1) is 10.2 Å². The Morgan fingerprint density at radius 2 is 2.25 bits per heavy atom. The molecule has 16 heavy (non-hydrogen) atoms. The van der Waals surface area contributed by atoms with Gasteiger partial charge in [0.1, 0.15) is 5.52 Å². The molecule has 0 atom stereocenters. The van der Waals surface area contributed by atoms with Crippen molar-refractivity contribution in [2.45, 2.75) is 6.43 Å². The van der Waals surface area contributed by atoms with E-state index in [1.165, 1.54) is 15.7 Å². The zero-order chi connectivity index (χ0) is 11.3. The predicted molar refractivity (Wildman–Crippen MR) is 56.2 cm³/mol. The van der Waals surface area contributed by atoms with Crippen LogP contribution < -0.4 is 5.56 Å².